The van der Waals surface area contributed by atoms with Crippen LogP contribution < -0.4 is 16.4 Å². The quantitative estimate of drug-likeness (QED) is 0.304. The molecule has 2 saturated heterocycles. The summed E-state index contributed by atoms with van der Waals surface area (Å²) in [6.07, 6.45) is 3.57. The molecule has 2 rings (SSSR count). The molecule has 0 amide bonds. The summed E-state index contributed by atoms with van der Waals surface area (Å²) in [7, 11) is 0. The van der Waals surface area contributed by atoms with Crippen molar-refractivity contribution in [3.8, 4) is 0 Å². The van der Waals surface area contributed by atoms with Crippen molar-refractivity contribution in [3.63, 3.8) is 0 Å². The summed E-state index contributed by atoms with van der Waals surface area (Å²) in [6, 6.07) is -1.66. The van der Waals surface area contributed by atoms with E-state index >= 15 is 0 Å². The van der Waals surface area contributed by atoms with E-state index in [0.29, 0.717) is 0 Å². The van der Waals surface area contributed by atoms with Crippen molar-refractivity contribution < 1.29 is 34.8 Å². The molecular formula is C13H25N3O7. The Morgan fingerprint density at radius 1 is 0.957 bits per heavy atom. The third-order valence-electron chi connectivity index (χ3n) is 3.23. The lowest BCUT2D eigenvalue weighted by atomic mass is 10.2. The maximum absolute atomic E-state index is 10.1. The molecule has 0 aromatic rings. The zero-order valence-electron chi connectivity index (χ0n) is 12.8. The molecule has 10 nitrogen and oxygen atoms in total. The van der Waals surface area contributed by atoms with E-state index in [-0.39, 0.29) is 12.1 Å². The zero-order chi connectivity index (χ0) is 17.8. The third kappa shape index (κ3) is 9.79. The average molecular weight is 335 g/mol. The number of carboxylic acids is 3. The molecule has 0 aromatic heterocycles. The predicted octanol–water partition coefficient (Wildman–Crippen LogP) is -1.96. The number of aliphatic hydroxyl groups excluding tert-OH is 1. The fourth-order valence-electron chi connectivity index (χ4n) is 1.87. The lowest BCUT2D eigenvalue weighted by molar-refractivity contribution is -0.140. The van der Waals surface area contributed by atoms with Crippen molar-refractivity contribution in [2.75, 3.05) is 19.7 Å². The highest BCUT2D eigenvalue weighted by molar-refractivity contribution is 5.74. The van der Waals surface area contributed by atoms with Gasteiger partial charge in [-0.05, 0) is 38.8 Å². The first kappa shape index (κ1) is 21.2. The summed E-state index contributed by atoms with van der Waals surface area (Å²) in [5.41, 5.74) is 4.77. The van der Waals surface area contributed by atoms with Gasteiger partial charge in [0.05, 0.1) is 6.61 Å². The Labute approximate surface area is 133 Å². The number of hydrogen-bond acceptors (Lipinski definition) is 7. The lowest BCUT2D eigenvalue weighted by Gasteiger charge is -1.99. The van der Waals surface area contributed by atoms with Crippen LogP contribution in [0.5, 0.6) is 0 Å². The molecule has 0 radical (unpaired) electrons. The van der Waals surface area contributed by atoms with Crippen molar-refractivity contribution >= 4 is 17.9 Å². The lowest BCUT2D eigenvalue weighted by Crippen LogP contribution is -2.33. The molecule has 2 fully saturated rings. The van der Waals surface area contributed by atoms with Gasteiger partial charge in [0.25, 0.3) is 0 Å². The van der Waals surface area contributed by atoms with Gasteiger partial charge in [-0.1, -0.05) is 0 Å². The Morgan fingerprint density at radius 2 is 1.35 bits per heavy atom. The van der Waals surface area contributed by atoms with E-state index in [9.17, 15) is 14.4 Å². The number of carboxylic acid groups (broad SMARTS) is 3. The molecular weight excluding hydrogens is 310 g/mol. The molecule has 0 saturated carbocycles. The Balaban J connectivity index is 0.000000317. The largest absolute Gasteiger partial charge is 0.480 e. The van der Waals surface area contributed by atoms with Gasteiger partial charge in [-0.2, -0.15) is 0 Å². The maximum Gasteiger partial charge on any atom is 0.322 e. The van der Waals surface area contributed by atoms with Gasteiger partial charge in [-0.25, -0.2) is 0 Å². The molecule has 8 N–H and O–H groups in total. The molecule has 10 heteroatoms. The number of aliphatic carboxylic acids is 3. The van der Waals surface area contributed by atoms with Gasteiger partial charge in [-0.15, -0.1) is 0 Å². The first-order valence-corrected chi connectivity index (χ1v) is 7.31. The van der Waals surface area contributed by atoms with Crippen LogP contribution in [0.2, 0.25) is 0 Å². The van der Waals surface area contributed by atoms with Crippen LogP contribution >= 0.6 is 0 Å². The zero-order valence-corrected chi connectivity index (χ0v) is 12.8. The molecule has 0 bridgehead atoms. The molecule has 23 heavy (non-hydrogen) atoms. The fourth-order valence-corrected chi connectivity index (χ4v) is 1.87. The van der Waals surface area contributed by atoms with E-state index in [1.165, 1.54) is 0 Å². The minimum Gasteiger partial charge on any atom is -0.480 e. The smallest absolute Gasteiger partial charge is 0.322 e. The summed E-state index contributed by atoms with van der Waals surface area (Å²) in [6.45, 7) is 1.21. The van der Waals surface area contributed by atoms with Gasteiger partial charge in [0.2, 0.25) is 0 Å². The highest BCUT2D eigenvalue weighted by Crippen LogP contribution is 2.04. The van der Waals surface area contributed by atoms with E-state index in [2.05, 4.69) is 10.6 Å². The van der Waals surface area contributed by atoms with Gasteiger partial charge in [0, 0.05) is 0 Å². The van der Waals surface area contributed by atoms with E-state index in [1.807, 2.05) is 0 Å². The van der Waals surface area contributed by atoms with Gasteiger partial charge >= 0.3 is 17.9 Å². The SMILES string of the molecule is N[C@@H](CO)C(=O)O.O=C(O)[C@@H]1CCCN1.O=C(O)[C@@H]1CCCN1. The number of nitrogens with two attached hydrogens (primary N) is 1. The van der Waals surface area contributed by atoms with E-state index in [0.717, 1.165) is 38.8 Å². The number of aliphatic hydroxyl groups is 1. The predicted molar refractivity (Wildman–Crippen MR) is 80.0 cm³/mol. The number of hydrogen-bond donors (Lipinski definition) is 7. The van der Waals surface area contributed by atoms with E-state index in [4.69, 9.17) is 26.2 Å². The molecule has 0 aliphatic carbocycles. The maximum atomic E-state index is 10.1. The normalized spacial score (nSPS) is 23.7. The van der Waals surface area contributed by atoms with Crippen molar-refractivity contribution in [1.82, 2.24) is 10.6 Å². The van der Waals surface area contributed by atoms with Crippen LogP contribution in [0.1, 0.15) is 25.7 Å². The molecule has 2 heterocycles. The second-order valence-electron chi connectivity index (χ2n) is 5.10. The third-order valence-corrected chi connectivity index (χ3v) is 3.23. The second kappa shape index (κ2) is 11.8. The Hall–Kier alpha value is -1.75. The summed E-state index contributed by atoms with van der Waals surface area (Å²) in [5, 5.41) is 38.3. The molecule has 2 aliphatic rings. The fraction of sp³-hybridized carbons (Fsp3) is 0.769. The standard InChI is InChI=1S/2C5H9NO2.C3H7NO3/c2*7-5(8)4-2-1-3-6-4;4-2(1-5)3(6)7/h2*4,6H,1-3H2,(H,7,8);2,5H,1,4H2,(H,6,7)/t2*4-;2-/m000/s1. The molecule has 2 aliphatic heterocycles. The number of rotatable bonds is 4. The number of nitrogens with one attached hydrogen (secondary N) is 2. The van der Waals surface area contributed by atoms with Crippen molar-refractivity contribution in [3.05, 3.63) is 0 Å². The van der Waals surface area contributed by atoms with Gasteiger partial charge in [-0.3, -0.25) is 14.4 Å². The van der Waals surface area contributed by atoms with Crippen molar-refractivity contribution in [1.29, 1.82) is 0 Å². The van der Waals surface area contributed by atoms with Gasteiger partial charge < -0.3 is 36.8 Å². The van der Waals surface area contributed by atoms with Crippen LogP contribution in [0, 0.1) is 0 Å². The van der Waals surface area contributed by atoms with Crippen LogP contribution in [0.4, 0.5) is 0 Å². The monoisotopic (exact) mass is 335 g/mol. The summed E-state index contributed by atoms with van der Waals surface area (Å²) in [5.74, 6) is -2.62. The first-order chi connectivity index (χ1) is 10.8. The highest BCUT2D eigenvalue weighted by Gasteiger charge is 2.20. The molecule has 134 valence electrons. The molecule has 0 aromatic carbocycles. The minimum absolute atomic E-state index is 0.269. The molecule has 0 spiro atoms. The Bertz CT molecular complexity index is 354. The molecule has 0 unspecified atom stereocenters. The second-order valence-corrected chi connectivity index (χ2v) is 5.10. The van der Waals surface area contributed by atoms with E-state index in [1.54, 1.807) is 0 Å². The first-order valence-electron chi connectivity index (χ1n) is 7.31. The van der Waals surface area contributed by atoms with Crippen LogP contribution in [-0.4, -0.2) is 76.2 Å². The Morgan fingerprint density at radius 3 is 1.43 bits per heavy atom. The summed E-state index contributed by atoms with van der Waals surface area (Å²) < 4.78 is 0. The van der Waals surface area contributed by atoms with Crippen LogP contribution in [0.15, 0.2) is 0 Å². The van der Waals surface area contributed by atoms with Crippen LogP contribution in [0.3, 0.4) is 0 Å². The minimum atomic E-state index is -1.18. The van der Waals surface area contributed by atoms with Crippen molar-refractivity contribution in [2.24, 2.45) is 5.73 Å². The molecule has 3 atom stereocenters. The van der Waals surface area contributed by atoms with E-state index < -0.39 is 30.6 Å². The summed E-state index contributed by atoms with van der Waals surface area (Å²) in [4.78, 5) is 29.9. The van der Waals surface area contributed by atoms with Gasteiger partial charge in [0.1, 0.15) is 18.1 Å². The van der Waals surface area contributed by atoms with Gasteiger partial charge in [0.15, 0.2) is 0 Å². The van der Waals surface area contributed by atoms with Crippen LogP contribution in [-0.2, 0) is 14.4 Å². The average Bonchev–Trinajstić information content (AvgIpc) is 3.20. The number of carbonyl (C=O) groups is 3. The van der Waals surface area contributed by atoms with Crippen molar-refractivity contribution in [2.45, 2.75) is 43.8 Å². The Kier molecular flexibility index (Phi) is 10.9. The summed E-state index contributed by atoms with van der Waals surface area (Å²) >= 11 is 0. The highest BCUT2D eigenvalue weighted by atomic mass is 16.4. The van der Waals surface area contributed by atoms with Crippen LogP contribution in [0.25, 0.3) is 0 Å². The topological polar surface area (TPSA) is 182 Å².